The second-order valence-electron chi connectivity index (χ2n) is 4.18. The number of aldehydes is 1. The third-order valence-corrected chi connectivity index (χ3v) is 2.70. The number of ether oxygens (including phenoxy) is 1. The van der Waals surface area contributed by atoms with Crippen molar-refractivity contribution in [3.8, 4) is 5.75 Å². The molecule has 0 bridgehead atoms. The highest BCUT2D eigenvalue weighted by atomic mass is 16.5. The van der Waals surface area contributed by atoms with E-state index in [-0.39, 0.29) is 12.0 Å². The lowest BCUT2D eigenvalue weighted by Gasteiger charge is -2.27. The average molecular weight is 221 g/mol. The maximum absolute atomic E-state index is 10.9. The molecule has 0 aliphatic carbocycles. The highest BCUT2D eigenvalue weighted by Gasteiger charge is 2.21. The normalized spacial score (nSPS) is 14.6. The number of nitrogens with zero attached hydrogens (tertiary/aromatic N) is 1. The fourth-order valence-corrected chi connectivity index (χ4v) is 1.97. The van der Waals surface area contributed by atoms with Crippen molar-refractivity contribution in [3.63, 3.8) is 0 Å². The van der Waals surface area contributed by atoms with Gasteiger partial charge in [0.15, 0.2) is 0 Å². The van der Waals surface area contributed by atoms with Crippen LogP contribution in [0.25, 0.3) is 0 Å². The van der Waals surface area contributed by atoms with Gasteiger partial charge in [-0.2, -0.15) is 0 Å². The zero-order valence-corrected chi connectivity index (χ0v) is 10.3. The van der Waals surface area contributed by atoms with E-state index < -0.39 is 0 Å². The fraction of sp³-hybridized carbons (Fsp3) is 0.462. The van der Waals surface area contributed by atoms with Gasteiger partial charge >= 0.3 is 0 Å². The van der Waals surface area contributed by atoms with Gasteiger partial charge in [-0.1, -0.05) is 19.1 Å². The van der Waals surface area contributed by atoms with Crippen molar-refractivity contribution in [1.82, 2.24) is 4.90 Å². The average Bonchev–Trinajstić information content (AvgIpc) is 2.29. The van der Waals surface area contributed by atoms with E-state index in [0.29, 0.717) is 0 Å². The lowest BCUT2D eigenvalue weighted by molar-refractivity contribution is -0.112. The number of carbonyl (C=O) groups excluding carboxylic acids is 1. The molecule has 0 heterocycles. The van der Waals surface area contributed by atoms with Gasteiger partial charge in [-0.3, -0.25) is 0 Å². The van der Waals surface area contributed by atoms with E-state index in [2.05, 4.69) is 0 Å². The molecule has 1 aromatic carbocycles. The van der Waals surface area contributed by atoms with E-state index >= 15 is 0 Å². The highest BCUT2D eigenvalue weighted by Crippen LogP contribution is 2.27. The molecule has 16 heavy (non-hydrogen) atoms. The van der Waals surface area contributed by atoms with Crippen molar-refractivity contribution in [2.45, 2.75) is 13.0 Å². The molecule has 0 saturated heterocycles. The second-order valence-corrected chi connectivity index (χ2v) is 4.18. The number of hydrogen-bond donors (Lipinski definition) is 0. The number of hydrogen-bond acceptors (Lipinski definition) is 3. The molecular weight excluding hydrogens is 202 g/mol. The first-order valence-corrected chi connectivity index (χ1v) is 5.35. The molecule has 3 nitrogen and oxygen atoms in total. The van der Waals surface area contributed by atoms with Crippen LogP contribution in [0.1, 0.15) is 18.5 Å². The number of rotatable bonds is 5. The van der Waals surface area contributed by atoms with Gasteiger partial charge in [0.1, 0.15) is 12.0 Å². The Morgan fingerprint density at radius 3 is 2.56 bits per heavy atom. The molecule has 0 aromatic heterocycles. The van der Waals surface area contributed by atoms with Crippen LogP contribution in [-0.2, 0) is 4.79 Å². The number of methoxy groups -OCH3 is 1. The van der Waals surface area contributed by atoms with Gasteiger partial charge in [0.2, 0.25) is 0 Å². The molecular formula is C13H19NO2. The van der Waals surface area contributed by atoms with Crippen LogP contribution in [0.3, 0.4) is 0 Å². The third kappa shape index (κ3) is 2.83. The van der Waals surface area contributed by atoms with Crippen LogP contribution in [0.15, 0.2) is 24.3 Å². The lowest BCUT2D eigenvalue weighted by atomic mass is 9.94. The van der Waals surface area contributed by atoms with Crippen molar-refractivity contribution in [2.24, 2.45) is 5.92 Å². The Kier molecular flexibility index (Phi) is 4.50. The first-order chi connectivity index (χ1) is 7.60. The summed E-state index contributed by atoms with van der Waals surface area (Å²) in [5.41, 5.74) is 1.10. The van der Waals surface area contributed by atoms with Gasteiger partial charge in [-0.05, 0) is 31.8 Å². The summed E-state index contributed by atoms with van der Waals surface area (Å²) < 4.78 is 5.19. The molecule has 1 aromatic rings. The summed E-state index contributed by atoms with van der Waals surface area (Å²) >= 11 is 0. The van der Waals surface area contributed by atoms with Crippen LogP contribution in [-0.4, -0.2) is 32.4 Å². The summed E-state index contributed by atoms with van der Waals surface area (Å²) in [4.78, 5) is 13.0. The molecule has 88 valence electrons. The van der Waals surface area contributed by atoms with Gasteiger partial charge in [0.25, 0.3) is 0 Å². The van der Waals surface area contributed by atoms with Crippen molar-refractivity contribution in [2.75, 3.05) is 21.2 Å². The summed E-state index contributed by atoms with van der Waals surface area (Å²) in [5.74, 6) is 0.782. The molecule has 3 heteroatoms. The summed E-state index contributed by atoms with van der Waals surface area (Å²) in [7, 11) is 5.60. The monoisotopic (exact) mass is 221 g/mol. The first kappa shape index (κ1) is 12.7. The van der Waals surface area contributed by atoms with Crippen molar-refractivity contribution >= 4 is 6.29 Å². The second kappa shape index (κ2) is 5.66. The van der Waals surface area contributed by atoms with Crippen molar-refractivity contribution in [3.05, 3.63) is 29.8 Å². The number of carbonyl (C=O) groups is 1. The van der Waals surface area contributed by atoms with E-state index in [1.165, 1.54) is 0 Å². The summed E-state index contributed by atoms with van der Waals surface area (Å²) in [6.45, 7) is 1.93. The van der Waals surface area contributed by atoms with Crippen LogP contribution in [0.5, 0.6) is 5.75 Å². The Balaban J connectivity index is 3.05. The molecule has 0 N–H and O–H groups in total. The summed E-state index contributed by atoms with van der Waals surface area (Å²) in [6.07, 6.45) is 0.990. The smallest absolute Gasteiger partial charge is 0.124 e. The van der Waals surface area contributed by atoms with E-state index in [0.717, 1.165) is 17.6 Å². The van der Waals surface area contributed by atoms with Gasteiger partial charge < -0.3 is 14.4 Å². The van der Waals surface area contributed by atoms with E-state index in [1.54, 1.807) is 7.11 Å². The molecule has 1 rings (SSSR count). The maximum atomic E-state index is 10.9. The van der Waals surface area contributed by atoms with Crippen LogP contribution < -0.4 is 4.74 Å². The molecule has 0 saturated carbocycles. The van der Waals surface area contributed by atoms with Crippen LogP contribution >= 0.6 is 0 Å². The summed E-state index contributed by atoms with van der Waals surface area (Å²) in [6, 6.07) is 7.94. The third-order valence-electron chi connectivity index (χ3n) is 2.70. The first-order valence-electron chi connectivity index (χ1n) is 5.35. The van der Waals surface area contributed by atoms with Gasteiger partial charge in [-0.15, -0.1) is 0 Å². The molecule has 0 amide bonds. The summed E-state index contributed by atoms with van der Waals surface area (Å²) in [5, 5.41) is 0. The lowest BCUT2D eigenvalue weighted by Crippen LogP contribution is -2.26. The van der Waals surface area contributed by atoms with Crippen LogP contribution in [0.4, 0.5) is 0 Å². The van der Waals surface area contributed by atoms with Crippen LogP contribution in [0, 0.1) is 5.92 Å². The zero-order chi connectivity index (χ0) is 12.1. The van der Waals surface area contributed by atoms with Gasteiger partial charge in [0, 0.05) is 12.0 Å². The van der Waals surface area contributed by atoms with Gasteiger partial charge in [0.05, 0.1) is 7.11 Å². The molecule has 1 unspecified atom stereocenters. The predicted octanol–water partition coefficient (Wildman–Crippen LogP) is 2.13. The largest absolute Gasteiger partial charge is 0.497 e. The molecule has 0 radical (unpaired) electrons. The minimum Gasteiger partial charge on any atom is -0.497 e. The van der Waals surface area contributed by atoms with E-state index in [4.69, 9.17) is 4.74 Å². The topological polar surface area (TPSA) is 29.5 Å². The predicted molar refractivity (Wildman–Crippen MR) is 64.7 cm³/mol. The fourth-order valence-electron chi connectivity index (χ4n) is 1.97. The van der Waals surface area contributed by atoms with Gasteiger partial charge in [-0.25, -0.2) is 0 Å². The van der Waals surface area contributed by atoms with Crippen molar-refractivity contribution in [1.29, 1.82) is 0 Å². The van der Waals surface area contributed by atoms with Crippen molar-refractivity contribution < 1.29 is 9.53 Å². The SMILES string of the molecule is COc1cccc(C([C@H](C)C=O)N(C)C)c1. The zero-order valence-electron chi connectivity index (χ0n) is 10.3. The molecule has 0 aliphatic heterocycles. The Labute approximate surface area is 97.0 Å². The quantitative estimate of drug-likeness (QED) is 0.713. The number of benzene rings is 1. The minimum atomic E-state index is -0.0397. The molecule has 0 fully saturated rings. The molecule has 0 spiro atoms. The molecule has 0 aliphatic rings. The van der Waals surface area contributed by atoms with E-state index in [1.807, 2.05) is 50.2 Å². The Morgan fingerprint density at radius 2 is 2.06 bits per heavy atom. The highest BCUT2D eigenvalue weighted by molar-refractivity contribution is 5.55. The molecule has 2 atom stereocenters. The van der Waals surface area contributed by atoms with E-state index in [9.17, 15) is 4.79 Å². The Bertz CT molecular complexity index is 350. The standard InChI is InChI=1S/C13H19NO2/c1-10(9-15)13(14(2)3)11-6-5-7-12(8-11)16-4/h5-10,13H,1-4H3/t10-,13?/m1/s1. The Morgan fingerprint density at radius 1 is 1.38 bits per heavy atom. The Hall–Kier alpha value is -1.35. The maximum Gasteiger partial charge on any atom is 0.124 e. The minimum absolute atomic E-state index is 0.0397. The van der Waals surface area contributed by atoms with Crippen LogP contribution in [0.2, 0.25) is 0 Å².